The van der Waals surface area contributed by atoms with Gasteiger partial charge in [-0.1, -0.05) is 25.8 Å². The van der Waals surface area contributed by atoms with Crippen LogP contribution in [0.5, 0.6) is 5.75 Å². The van der Waals surface area contributed by atoms with E-state index in [0.29, 0.717) is 11.5 Å². The lowest BCUT2D eigenvalue weighted by atomic mass is 9.60. The molecule has 3 fully saturated rings. The molecule has 0 amide bonds. The third-order valence-electron chi connectivity index (χ3n) is 8.12. The Bertz CT molecular complexity index is 650. The number of methoxy groups -OCH3 is 1. The molecule has 0 saturated heterocycles. The Hall–Kier alpha value is -1.12. The van der Waals surface area contributed by atoms with Crippen molar-refractivity contribution in [2.75, 3.05) is 7.11 Å². The van der Waals surface area contributed by atoms with E-state index in [0.717, 1.165) is 36.5 Å². The summed E-state index contributed by atoms with van der Waals surface area (Å²) in [6, 6.07) is 3.33. The fraction of sp³-hybridized carbons (Fsp3) is 0.750. The molecule has 3 aliphatic rings. The van der Waals surface area contributed by atoms with Crippen molar-refractivity contribution in [2.24, 2.45) is 29.6 Å². The van der Waals surface area contributed by atoms with Gasteiger partial charge in [-0.05, 0) is 98.5 Å². The van der Waals surface area contributed by atoms with Gasteiger partial charge in [-0.3, -0.25) is 0 Å². The van der Waals surface area contributed by atoms with Crippen LogP contribution in [0, 0.1) is 41.2 Å². The van der Waals surface area contributed by atoms with Crippen LogP contribution in [-0.4, -0.2) is 7.11 Å². The Morgan fingerprint density at radius 2 is 1.33 bits per heavy atom. The van der Waals surface area contributed by atoms with Gasteiger partial charge < -0.3 is 4.74 Å². The summed E-state index contributed by atoms with van der Waals surface area (Å²) in [5.74, 6) is 2.96. The van der Waals surface area contributed by atoms with E-state index < -0.39 is 11.6 Å². The van der Waals surface area contributed by atoms with Crippen LogP contribution in [0.2, 0.25) is 0 Å². The molecule has 0 aromatic heterocycles. The third kappa shape index (κ3) is 3.89. The number of ether oxygens (including phenoxy) is 1. The van der Waals surface area contributed by atoms with Crippen LogP contribution >= 0.6 is 0 Å². The zero-order chi connectivity index (χ0) is 19.0. The minimum Gasteiger partial charge on any atom is -0.494 e. The molecule has 1 aromatic rings. The number of hydrogen-bond donors (Lipinski definition) is 0. The van der Waals surface area contributed by atoms with Crippen molar-refractivity contribution < 1.29 is 13.5 Å². The standard InChI is InChI=1S/C24H34F2O/c1-15-3-5-16(6-4-15)17-7-8-19-14-20(10-9-18(19)13-17)21-11-12-22(27-2)24(26)23(21)25/h11-12,15-20H,3-10,13-14H2,1-2H3. The van der Waals surface area contributed by atoms with Crippen LogP contribution in [0.15, 0.2) is 12.1 Å². The molecule has 0 N–H and O–H groups in total. The van der Waals surface area contributed by atoms with E-state index in [1.165, 1.54) is 58.5 Å². The van der Waals surface area contributed by atoms with Crippen molar-refractivity contribution >= 4 is 0 Å². The number of benzene rings is 1. The lowest BCUT2D eigenvalue weighted by Crippen LogP contribution is -2.34. The molecular formula is C24H34F2O. The second-order valence-corrected chi connectivity index (χ2v) is 9.61. The molecule has 4 unspecified atom stereocenters. The molecule has 4 rings (SSSR count). The number of rotatable bonds is 3. The monoisotopic (exact) mass is 376 g/mol. The topological polar surface area (TPSA) is 9.23 Å². The summed E-state index contributed by atoms with van der Waals surface area (Å²) in [5.41, 5.74) is 0.565. The summed E-state index contributed by atoms with van der Waals surface area (Å²) in [6.45, 7) is 2.40. The van der Waals surface area contributed by atoms with Crippen LogP contribution in [0.3, 0.4) is 0 Å². The highest BCUT2D eigenvalue weighted by Gasteiger charge is 2.39. The predicted octanol–water partition coefficient (Wildman–Crippen LogP) is 7.10. The van der Waals surface area contributed by atoms with E-state index in [-0.39, 0.29) is 11.7 Å². The highest BCUT2D eigenvalue weighted by Crippen LogP contribution is 2.51. The third-order valence-corrected chi connectivity index (χ3v) is 8.12. The molecule has 3 heteroatoms. The molecule has 0 heterocycles. The minimum atomic E-state index is -0.827. The first-order chi connectivity index (χ1) is 13.1. The van der Waals surface area contributed by atoms with Gasteiger partial charge in [0.25, 0.3) is 0 Å². The Kier molecular flexibility index (Phi) is 5.75. The normalized spacial score (nSPS) is 36.9. The van der Waals surface area contributed by atoms with E-state index >= 15 is 0 Å². The highest BCUT2D eigenvalue weighted by molar-refractivity contribution is 5.33. The lowest BCUT2D eigenvalue weighted by Gasteiger charge is -2.45. The lowest BCUT2D eigenvalue weighted by molar-refractivity contribution is 0.0727. The molecule has 1 nitrogen and oxygen atoms in total. The van der Waals surface area contributed by atoms with Crippen molar-refractivity contribution in [1.82, 2.24) is 0 Å². The van der Waals surface area contributed by atoms with Gasteiger partial charge in [-0.2, -0.15) is 4.39 Å². The van der Waals surface area contributed by atoms with Crippen molar-refractivity contribution in [3.05, 3.63) is 29.3 Å². The summed E-state index contributed by atoms with van der Waals surface area (Å²) < 4.78 is 33.6. The maximum atomic E-state index is 14.5. The average molecular weight is 377 g/mol. The number of hydrogen-bond acceptors (Lipinski definition) is 1. The molecule has 27 heavy (non-hydrogen) atoms. The zero-order valence-corrected chi connectivity index (χ0v) is 16.9. The van der Waals surface area contributed by atoms with Crippen LogP contribution in [0.4, 0.5) is 8.78 Å². The van der Waals surface area contributed by atoms with Gasteiger partial charge in [-0.25, -0.2) is 4.39 Å². The van der Waals surface area contributed by atoms with Crippen LogP contribution < -0.4 is 4.74 Å². The highest BCUT2D eigenvalue weighted by atomic mass is 19.2. The molecule has 0 aliphatic heterocycles. The van der Waals surface area contributed by atoms with Crippen molar-refractivity contribution in [3.8, 4) is 5.75 Å². The Morgan fingerprint density at radius 1 is 0.741 bits per heavy atom. The Balaban J connectivity index is 1.39. The molecule has 0 spiro atoms. The quantitative estimate of drug-likeness (QED) is 0.546. The Morgan fingerprint density at radius 3 is 2.04 bits per heavy atom. The fourth-order valence-corrected chi connectivity index (χ4v) is 6.41. The summed E-state index contributed by atoms with van der Waals surface area (Å²) in [7, 11) is 1.38. The molecule has 0 radical (unpaired) electrons. The van der Waals surface area contributed by atoms with E-state index in [2.05, 4.69) is 6.92 Å². The SMILES string of the molecule is COc1ccc(C2CCC3CC(C4CCC(C)CC4)CCC3C2)c(F)c1F. The molecule has 4 atom stereocenters. The van der Waals surface area contributed by atoms with Gasteiger partial charge in [0.05, 0.1) is 7.11 Å². The first-order valence-electron chi connectivity index (χ1n) is 11.1. The largest absolute Gasteiger partial charge is 0.494 e. The van der Waals surface area contributed by atoms with E-state index in [9.17, 15) is 8.78 Å². The average Bonchev–Trinajstić information content (AvgIpc) is 2.70. The molecule has 0 bridgehead atoms. The molecule has 3 aliphatic carbocycles. The molecule has 1 aromatic carbocycles. The maximum Gasteiger partial charge on any atom is 0.200 e. The van der Waals surface area contributed by atoms with Gasteiger partial charge >= 0.3 is 0 Å². The second-order valence-electron chi connectivity index (χ2n) is 9.61. The molecule has 3 saturated carbocycles. The summed E-state index contributed by atoms with van der Waals surface area (Å²) in [4.78, 5) is 0. The van der Waals surface area contributed by atoms with E-state index in [1.807, 2.05) is 0 Å². The first-order valence-corrected chi connectivity index (χ1v) is 11.1. The number of halogens is 2. The van der Waals surface area contributed by atoms with Gasteiger partial charge in [0, 0.05) is 0 Å². The van der Waals surface area contributed by atoms with Gasteiger partial charge in [0.15, 0.2) is 11.6 Å². The van der Waals surface area contributed by atoms with Crippen LogP contribution in [0.25, 0.3) is 0 Å². The van der Waals surface area contributed by atoms with Crippen molar-refractivity contribution in [2.45, 2.75) is 77.0 Å². The smallest absolute Gasteiger partial charge is 0.200 e. The van der Waals surface area contributed by atoms with Crippen molar-refractivity contribution in [1.29, 1.82) is 0 Å². The maximum absolute atomic E-state index is 14.5. The fourth-order valence-electron chi connectivity index (χ4n) is 6.41. The molecule has 150 valence electrons. The number of fused-ring (bicyclic) bond motifs is 1. The summed E-state index contributed by atoms with van der Waals surface area (Å²) >= 11 is 0. The van der Waals surface area contributed by atoms with E-state index in [4.69, 9.17) is 4.74 Å². The zero-order valence-electron chi connectivity index (χ0n) is 16.9. The van der Waals surface area contributed by atoms with Crippen LogP contribution in [-0.2, 0) is 0 Å². The predicted molar refractivity (Wildman–Crippen MR) is 105 cm³/mol. The van der Waals surface area contributed by atoms with Gasteiger partial charge in [-0.15, -0.1) is 0 Å². The molecular weight excluding hydrogens is 342 g/mol. The summed E-state index contributed by atoms with van der Waals surface area (Å²) in [5, 5.41) is 0. The van der Waals surface area contributed by atoms with Gasteiger partial charge in [0.2, 0.25) is 5.82 Å². The van der Waals surface area contributed by atoms with Crippen LogP contribution in [0.1, 0.15) is 82.6 Å². The van der Waals surface area contributed by atoms with E-state index in [1.54, 1.807) is 12.1 Å². The Labute approximate surface area is 162 Å². The second kappa shape index (κ2) is 8.09. The minimum absolute atomic E-state index is 0.00671. The van der Waals surface area contributed by atoms with Gasteiger partial charge in [0.1, 0.15) is 0 Å². The summed E-state index contributed by atoms with van der Waals surface area (Å²) in [6.07, 6.45) is 12.9. The first kappa shape index (κ1) is 19.2. The van der Waals surface area contributed by atoms with Crippen molar-refractivity contribution in [3.63, 3.8) is 0 Å².